The third-order valence-electron chi connectivity index (χ3n) is 3.95. The molecule has 0 radical (unpaired) electrons. The number of hydrogen-bond donors (Lipinski definition) is 2. The lowest BCUT2D eigenvalue weighted by atomic mass is 9.90. The minimum atomic E-state index is -0.00228. The van der Waals surface area contributed by atoms with Crippen LogP contribution < -0.4 is 10.6 Å². The van der Waals surface area contributed by atoms with E-state index in [1.54, 1.807) is 16.0 Å². The first kappa shape index (κ1) is 14.3. The molecule has 1 aliphatic heterocycles. The molecule has 0 bridgehead atoms. The van der Waals surface area contributed by atoms with Crippen LogP contribution in [-0.2, 0) is 18.3 Å². The van der Waals surface area contributed by atoms with E-state index in [-0.39, 0.29) is 17.7 Å². The summed E-state index contributed by atoms with van der Waals surface area (Å²) in [7, 11) is 1.90. The van der Waals surface area contributed by atoms with Gasteiger partial charge in [0, 0.05) is 43.7 Å². The molecule has 2 aromatic heterocycles. The molecular weight excluding hydrogens is 284 g/mol. The highest BCUT2D eigenvalue weighted by molar-refractivity contribution is 7.09. The minimum Gasteiger partial charge on any atom is -0.355 e. The van der Waals surface area contributed by atoms with Gasteiger partial charge < -0.3 is 10.6 Å². The van der Waals surface area contributed by atoms with E-state index in [1.165, 1.54) is 4.88 Å². The monoisotopic (exact) mass is 304 g/mol. The van der Waals surface area contributed by atoms with E-state index >= 15 is 0 Å². The lowest BCUT2D eigenvalue weighted by Gasteiger charge is -2.16. The van der Waals surface area contributed by atoms with E-state index in [2.05, 4.69) is 27.2 Å². The molecule has 2 aromatic rings. The van der Waals surface area contributed by atoms with E-state index in [1.807, 2.05) is 25.5 Å². The molecule has 0 saturated carbocycles. The zero-order valence-electron chi connectivity index (χ0n) is 12.1. The molecule has 2 N–H and O–H groups in total. The number of nitrogens with one attached hydrogen (secondary N) is 2. The van der Waals surface area contributed by atoms with Gasteiger partial charge in [0.2, 0.25) is 5.91 Å². The van der Waals surface area contributed by atoms with Crippen LogP contribution in [0.5, 0.6) is 0 Å². The Balaban J connectivity index is 1.55. The lowest BCUT2D eigenvalue weighted by molar-refractivity contribution is -0.124. The summed E-state index contributed by atoms with van der Waals surface area (Å²) in [4.78, 5) is 13.7. The standard InChI is InChI=1S/C15H20N4OS/c1-19-10-11(7-18-19)13-8-16-9-14(13)15(20)17-5-4-12-3-2-6-21-12/h2-3,6-7,10,13-14,16H,4-5,8-9H2,1H3,(H,17,20)/t13-,14+/m1/s1. The predicted molar refractivity (Wildman–Crippen MR) is 83.3 cm³/mol. The second kappa shape index (κ2) is 6.41. The van der Waals surface area contributed by atoms with Crippen LogP contribution in [0.15, 0.2) is 29.9 Å². The van der Waals surface area contributed by atoms with Crippen LogP contribution in [0.4, 0.5) is 0 Å². The molecule has 1 fully saturated rings. The number of amides is 1. The summed E-state index contributed by atoms with van der Waals surface area (Å²) in [5, 5.41) is 12.7. The topological polar surface area (TPSA) is 59.0 Å². The molecule has 0 spiro atoms. The average molecular weight is 304 g/mol. The summed E-state index contributed by atoms with van der Waals surface area (Å²) in [6.07, 6.45) is 4.77. The van der Waals surface area contributed by atoms with Crippen molar-refractivity contribution in [3.8, 4) is 0 Å². The molecule has 21 heavy (non-hydrogen) atoms. The first-order chi connectivity index (χ1) is 10.2. The van der Waals surface area contributed by atoms with E-state index in [9.17, 15) is 4.79 Å². The quantitative estimate of drug-likeness (QED) is 0.871. The van der Waals surface area contributed by atoms with Crippen molar-refractivity contribution in [1.29, 1.82) is 0 Å². The molecule has 0 aliphatic carbocycles. The van der Waals surface area contributed by atoms with Crippen LogP contribution in [0.3, 0.4) is 0 Å². The van der Waals surface area contributed by atoms with Crippen molar-refractivity contribution in [2.24, 2.45) is 13.0 Å². The summed E-state index contributed by atoms with van der Waals surface area (Å²) in [5.41, 5.74) is 1.14. The van der Waals surface area contributed by atoms with Crippen LogP contribution in [0.1, 0.15) is 16.4 Å². The summed E-state index contributed by atoms with van der Waals surface area (Å²) < 4.78 is 1.79. The van der Waals surface area contributed by atoms with Crippen LogP contribution >= 0.6 is 11.3 Å². The van der Waals surface area contributed by atoms with Gasteiger partial charge in [-0.3, -0.25) is 9.48 Å². The summed E-state index contributed by atoms with van der Waals surface area (Å²) in [6.45, 7) is 2.29. The predicted octanol–water partition coefficient (Wildman–Crippen LogP) is 1.14. The van der Waals surface area contributed by atoms with Gasteiger partial charge in [-0.15, -0.1) is 11.3 Å². The Hall–Kier alpha value is -1.66. The van der Waals surface area contributed by atoms with Crippen molar-refractivity contribution in [3.63, 3.8) is 0 Å². The van der Waals surface area contributed by atoms with Crippen molar-refractivity contribution in [3.05, 3.63) is 40.3 Å². The van der Waals surface area contributed by atoms with Crippen molar-refractivity contribution in [2.75, 3.05) is 19.6 Å². The Labute approximate surface area is 128 Å². The third kappa shape index (κ3) is 3.33. The van der Waals surface area contributed by atoms with Crippen molar-refractivity contribution >= 4 is 17.2 Å². The second-order valence-corrected chi connectivity index (χ2v) is 6.47. The van der Waals surface area contributed by atoms with Gasteiger partial charge in [-0.25, -0.2) is 0 Å². The second-order valence-electron chi connectivity index (χ2n) is 5.44. The molecule has 1 amide bonds. The number of nitrogens with zero attached hydrogens (tertiary/aromatic N) is 2. The van der Waals surface area contributed by atoms with E-state index < -0.39 is 0 Å². The highest BCUT2D eigenvalue weighted by Crippen LogP contribution is 2.27. The molecule has 1 aliphatic rings. The number of thiophene rings is 1. The van der Waals surface area contributed by atoms with Gasteiger partial charge >= 0.3 is 0 Å². The van der Waals surface area contributed by atoms with Gasteiger partial charge in [0.05, 0.1) is 12.1 Å². The number of aromatic nitrogens is 2. The number of carbonyl (C=O) groups excluding carboxylic acids is 1. The SMILES string of the molecule is Cn1cc([C@H]2CNC[C@@H]2C(=O)NCCc2cccs2)cn1. The van der Waals surface area contributed by atoms with E-state index in [0.29, 0.717) is 6.54 Å². The van der Waals surface area contributed by atoms with Crippen LogP contribution in [-0.4, -0.2) is 35.3 Å². The molecule has 1 saturated heterocycles. The summed E-state index contributed by atoms with van der Waals surface area (Å²) in [5.74, 6) is 0.364. The summed E-state index contributed by atoms with van der Waals surface area (Å²) >= 11 is 1.73. The van der Waals surface area contributed by atoms with Crippen LogP contribution in [0, 0.1) is 5.92 Å². The number of aryl methyl sites for hydroxylation is 1. The first-order valence-corrected chi connectivity index (χ1v) is 8.11. The fraction of sp³-hybridized carbons (Fsp3) is 0.467. The Morgan fingerprint density at radius 3 is 3.19 bits per heavy atom. The van der Waals surface area contributed by atoms with Crippen molar-refractivity contribution < 1.29 is 4.79 Å². The Kier molecular flexibility index (Phi) is 4.36. The molecule has 3 rings (SSSR count). The Morgan fingerprint density at radius 2 is 2.48 bits per heavy atom. The van der Waals surface area contributed by atoms with Crippen LogP contribution in [0.25, 0.3) is 0 Å². The molecule has 3 heterocycles. The minimum absolute atomic E-state index is 0.00228. The zero-order valence-corrected chi connectivity index (χ0v) is 12.9. The summed E-state index contributed by atoms with van der Waals surface area (Å²) in [6, 6.07) is 4.15. The third-order valence-corrected chi connectivity index (χ3v) is 4.89. The van der Waals surface area contributed by atoms with Gasteiger partial charge in [-0.2, -0.15) is 5.10 Å². The molecule has 5 nitrogen and oxygen atoms in total. The maximum atomic E-state index is 12.4. The van der Waals surface area contributed by atoms with Gasteiger partial charge in [0.1, 0.15) is 0 Å². The maximum absolute atomic E-state index is 12.4. The Bertz CT molecular complexity index is 593. The zero-order chi connectivity index (χ0) is 14.7. The largest absolute Gasteiger partial charge is 0.355 e. The van der Waals surface area contributed by atoms with Gasteiger partial charge in [-0.05, 0) is 23.4 Å². The average Bonchev–Trinajstić information content (AvgIpc) is 3.18. The number of rotatable bonds is 5. The van der Waals surface area contributed by atoms with Crippen LogP contribution in [0.2, 0.25) is 0 Å². The molecule has 0 aromatic carbocycles. The van der Waals surface area contributed by atoms with E-state index in [4.69, 9.17) is 0 Å². The number of hydrogen-bond acceptors (Lipinski definition) is 4. The first-order valence-electron chi connectivity index (χ1n) is 7.23. The maximum Gasteiger partial charge on any atom is 0.225 e. The Morgan fingerprint density at radius 1 is 1.57 bits per heavy atom. The van der Waals surface area contributed by atoms with Crippen molar-refractivity contribution in [1.82, 2.24) is 20.4 Å². The highest BCUT2D eigenvalue weighted by atomic mass is 32.1. The normalized spacial score (nSPS) is 21.6. The molecule has 112 valence electrons. The lowest BCUT2D eigenvalue weighted by Crippen LogP contribution is -2.35. The van der Waals surface area contributed by atoms with E-state index in [0.717, 1.165) is 25.1 Å². The molecular formula is C15H20N4OS. The highest BCUT2D eigenvalue weighted by Gasteiger charge is 2.34. The fourth-order valence-corrected chi connectivity index (χ4v) is 3.54. The van der Waals surface area contributed by atoms with Gasteiger partial charge in [-0.1, -0.05) is 6.07 Å². The van der Waals surface area contributed by atoms with Gasteiger partial charge in [0.15, 0.2) is 0 Å². The molecule has 6 heteroatoms. The fourth-order valence-electron chi connectivity index (χ4n) is 2.83. The van der Waals surface area contributed by atoms with Gasteiger partial charge in [0.25, 0.3) is 0 Å². The smallest absolute Gasteiger partial charge is 0.225 e. The molecule has 0 unspecified atom stereocenters. The number of carbonyl (C=O) groups is 1. The van der Waals surface area contributed by atoms with Crippen molar-refractivity contribution in [2.45, 2.75) is 12.3 Å². The molecule has 2 atom stereocenters.